The lowest BCUT2D eigenvalue weighted by Crippen LogP contribution is -3.29. The topological polar surface area (TPSA) is 38.0 Å². The second kappa shape index (κ2) is 6.80. The molecule has 120 valence electrons. The third kappa shape index (κ3) is 3.87. The second-order valence-electron chi connectivity index (χ2n) is 7.02. The highest BCUT2D eigenvalue weighted by molar-refractivity contribution is 5.80. The van der Waals surface area contributed by atoms with E-state index in [0.29, 0.717) is 6.04 Å². The fourth-order valence-corrected chi connectivity index (χ4v) is 3.35. The molecule has 0 bridgehead atoms. The van der Waals surface area contributed by atoms with Gasteiger partial charge in [0, 0.05) is 11.6 Å². The van der Waals surface area contributed by atoms with Gasteiger partial charge in [-0.15, -0.1) is 0 Å². The van der Waals surface area contributed by atoms with Crippen LogP contribution in [0.5, 0.6) is 0 Å². The Bertz CT molecular complexity index is 519. The first kappa shape index (κ1) is 15.5. The van der Waals surface area contributed by atoms with Crippen molar-refractivity contribution >= 4 is 5.91 Å². The number of carbonyl (C=O) groups is 1. The molecule has 1 amide bonds. The maximum absolute atomic E-state index is 12.2. The Kier molecular flexibility index (Phi) is 4.79. The Balaban J connectivity index is 1.47. The molecule has 0 radical (unpaired) electrons. The third-order valence-corrected chi connectivity index (χ3v) is 5.23. The van der Waals surface area contributed by atoms with Crippen LogP contribution in [-0.4, -0.2) is 44.2 Å². The summed E-state index contributed by atoms with van der Waals surface area (Å²) in [4.78, 5) is 15.3. The Morgan fingerprint density at radius 2 is 1.91 bits per heavy atom. The van der Waals surface area contributed by atoms with E-state index in [0.717, 1.165) is 32.7 Å². The van der Waals surface area contributed by atoms with E-state index in [1.807, 2.05) is 0 Å². The van der Waals surface area contributed by atoms with Crippen LogP contribution in [0.2, 0.25) is 0 Å². The summed E-state index contributed by atoms with van der Waals surface area (Å²) in [6, 6.07) is 9.25. The summed E-state index contributed by atoms with van der Waals surface area (Å²) >= 11 is 0. The molecule has 1 aliphatic carbocycles. The van der Waals surface area contributed by atoms with Crippen molar-refractivity contribution in [1.29, 1.82) is 0 Å². The highest BCUT2D eigenvalue weighted by Crippen LogP contribution is 2.18. The van der Waals surface area contributed by atoms with Crippen molar-refractivity contribution in [3.8, 4) is 0 Å². The normalized spacial score (nSPS) is 26.5. The van der Waals surface area contributed by atoms with E-state index >= 15 is 0 Å². The minimum atomic E-state index is 0.0978. The fraction of sp³-hybridized carbons (Fsp3) is 0.611. The number of nitrogens with one attached hydrogen (secondary N) is 3. The first-order chi connectivity index (χ1) is 10.6. The van der Waals surface area contributed by atoms with E-state index in [2.05, 4.69) is 43.4 Å². The highest BCUT2D eigenvalue weighted by Gasteiger charge is 2.33. The molecule has 1 aromatic rings. The molecule has 4 nitrogen and oxygen atoms in total. The Labute approximate surface area is 133 Å². The number of rotatable bonds is 5. The lowest BCUT2D eigenvalue weighted by atomic mass is 10.1. The lowest BCUT2D eigenvalue weighted by molar-refractivity contribution is -1.02. The minimum absolute atomic E-state index is 0.0978. The van der Waals surface area contributed by atoms with Gasteiger partial charge in [0.1, 0.15) is 32.7 Å². The summed E-state index contributed by atoms with van der Waals surface area (Å²) in [6.07, 6.45) is 2.34. The summed E-state index contributed by atoms with van der Waals surface area (Å²) in [5.41, 5.74) is 2.85. The van der Waals surface area contributed by atoms with Crippen molar-refractivity contribution in [2.24, 2.45) is 0 Å². The zero-order valence-electron chi connectivity index (χ0n) is 13.8. The van der Waals surface area contributed by atoms with E-state index in [-0.39, 0.29) is 11.9 Å². The molecule has 1 saturated heterocycles. The van der Waals surface area contributed by atoms with Crippen LogP contribution in [0.4, 0.5) is 0 Å². The van der Waals surface area contributed by atoms with Crippen molar-refractivity contribution in [3.05, 3.63) is 35.4 Å². The molecule has 2 aliphatic rings. The predicted molar refractivity (Wildman–Crippen MR) is 86.9 cm³/mol. The highest BCUT2D eigenvalue weighted by atomic mass is 16.2. The van der Waals surface area contributed by atoms with Crippen molar-refractivity contribution < 1.29 is 14.6 Å². The monoisotopic (exact) mass is 303 g/mol. The van der Waals surface area contributed by atoms with Crippen LogP contribution in [0.25, 0.3) is 0 Å². The van der Waals surface area contributed by atoms with Gasteiger partial charge < -0.3 is 15.1 Å². The van der Waals surface area contributed by atoms with Crippen LogP contribution in [0.3, 0.4) is 0 Å². The van der Waals surface area contributed by atoms with Gasteiger partial charge in [0.05, 0.1) is 0 Å². The van der Waals surface area contributed by atoms with Crippen LogP contribution < -0.4 is 15.1 Å². The zero-order chi connectivity index (χ0) is 15.5. The average molecular weight is 303 g/mol. The summed E-state index contributed by atoms with van der Waals surface area (Å²) < 4.78 is 0. The SMILES string of the molecule is Cc1ccccc1C[NH+]1CC[NH+]([C@H](C)C(=O)NC2CC2)CC1. The molecule has 4 heteroatoms. The van der Waals surface area contributed by atoms with Crippen LogP contribution >= 0.6 is 0 Å². The molecule has 3 rings (SSSR count). The largest absolute Gasteiger partial charge is 0.348 e. The van der Waals surface area contributed by atoms with Gasteiger partial charge in [-0.2, -0.15) is 0 Å². The third-order valence-electron chi connectivity index (χ3n) is 5.23. The number of hydrogen-bond acceptors (Lipinski definition) is 1. The Hall–Kier alpha value is -1.39. The summed E-state index contributed by atoms with van der Waals surface area (Å²) in [7, 11) is 0. The fourth-order valence-electron chi connectivity index (χ4n) is 3.35. The number of amides is 1. The number of quaternary nitrogens is 2. The van der Waals surface area contributed by atoms with Gasteiger partial charge >= 0.3 is 0 Å². The van der Waals surface area contributed by atoms with Gasteiger partial charge in [0.25, 0.3) is 5.91 Å². The molecule has 1 saturated carbocycles. The van der Waals surface area contributed by atoms with E-state index in [1.165, 1.54) is 28.9 Å². The van der Waals surface area contributed by atoms with Gasteiger partial charge in [-0.1, -0.05) is 24.3 Å². The molecule has 1 heterocycles. The molecule has 1 aromatic carbocycles. The smallest absolute Gasteiger partial charge is 0.278 e. The molecule has 1 atom stereocenters. The minimum Gasteiger partial charge on any atom is -0.348 e. The predicted octanol–water partition coefficient (Wildman–Crippen LogP) is -1.05. The van der Waals surface area contributed by atoms with Gasteiger partial charge in [0.15, 0.2) is 6.04 Å². The van der Waals surface area contributed by atoms with Crippen molar-refractivity contribution in [1.82, 2.24) is 5.32 Å². The number of hydrogen-bond donors (Lipinski definition) is 3. The molecule has 3 N–H and O–H groups in total. The van der Waals surface area contributed by atoms with Crippen LogP contribution in [-0.2, 0) is 11.3 Å². The molecule has 0 aromatic heterocycles. The van der Waals surface area contributed by atoms with Crippen molar-refractivity contribution in [2.45, 2.75) is 45.3 Å². The van der Waals surface area contributed by atoms with Crippen molar-refractivity contribution in [2.75, 3.05) is 26.2 Å². The molecule has 0 unspecified atom stereocenters. The number of aryl methyl sites for hydroxylation is 1. The molecule has 2 fully saturated rings. The molecular formula is C18H29N3O+2. The maximum atomic E-state index is 12.2. The van der Waals surface area contributed by atoms with Gasteiger partial charge in [0.2, 0.25) is 0 Å². The van der Waals surface area contributed by atoms with E-state index in [1.54, 1.807) is 4.90 Å². The first-order valence-corrected chi connectivity index (χ1v) is 8.66. The van der Waals surface area contributed by atoms with Crippen LogP contribution in [0.1, 0.15) is 30.9 Å². The van der Waals surface area contributed by atoms with Crippen LogP contribution in [0, 0.1) is 6.92 Å². The molecule has 0 spiro atoms. The maximum Gasteiger partial charge on any atom is 0.278 e. The second-order valence-corrected chi connectivity index (χ2v) is 7.02. The molecule has 22 heavy (non-hydrogen) atoms. The molecular weight excluding hydrogens is 274 g/mol. The summed E-state index contributed by atoms with van der Waals surface area (Å²) in [6.45, 7) is 9.90. The Morgan fingerprint density at radius 1 is 1.23 bits per heavy atom. The number of benzene rings is 1. The van der Waals surface area contributed by atoms with Gasteiger partial charge in [-0.25, -0.2) is 0 Å². The Morgan fingerprint density at radius 3 is 2.55 bits per heavy atom. The average Bonchev–Trinajstić information content (AvgIpc) is 3.33. The quantitative estimate of drug-likeness (QED) is 0.638. The summed E-state index contributed by atoms with van der Waals surface area (Å²) in [5.74, 6) is 0.250. The standard InChI is InChI=1S/C18H27N3O/c1-14-5-3-4-6-16(14)13-20-9-11-21(12-10-20)15(2)18(22)19-17-7-8-17/h3-6,15,17H,7-13H2,1-2H3,(H,19,22)/p+2/t15-/m1/s1. The number of piperazine rings is 1. The van der Waals surface area contributed by atoms with E-state index in [9.17, 15) is 4.79 Å². The lowest BCUT2D eigenvalue weighted by Gasteiger charge is -2.32. The zero-order valence-corrected chi connectivity index (χ0v) is 13.8. The molecule has 1 aliphatic heterocycles. The van der Waals surface area contributed by atoms with Crippen LogP contribution in [0.15, 0.2) is 24.3 Å². The summed E-state index contributed by atoms with van der Waals surface area (Å²) in [5, 5.41) is 3.14. The van der Waals surface area contributed by atoms with E-state index in [4.69, 9.17) is 0 Å². The first-order valence-electron chi connectivity index (χ1n) is 8.66. The number of carbonyl (C=O) groups excluding carboxylic acids is 1. The van der Waals surface area contributed by atoms with Crippen molar-refractivity contribution in [3.63, 3.8) is 0 Å². The van der Waals surface area contributed by atoms with Gasteiger partial charge in [-0.3, -0.25) is 4.79 Å². The van der Waals surface area contributed by atoms with Gasteiger partial charge in [-0.05, 0) is 32.3 Å². The van der Waals surface area contributed by atoms with E-state index < -0.39 is 0 Å².